The van der Waals surface area contributed by atoms with Gasteiger partial charge in [-0.15, -0.1) is 0 Å². The molecule has 6 rings (SSSR count). The summed E-state index contributed by atoms with van der Waals surface area (Å²) in [6.07, 6.45) is 0. The Morgan fingerprint density at radius 3 is 2.42 bits per heavy atom. The van der Waals surface area contributed by atoms with Crippen molar-refractivity contribution < 1.29 is 9.53 Å². The number of amides is 1. The lowest BCUT2D eigenvalue weighted by atomic mass is 10.1. The second-order valence-electron chi connectivity index (χ2n) is 8.63. The van der Waals surface area contributed by atoms with Gasteiger partial charge >= 0.3 is 0 Å². The van der Waals surface area contributed by atoms with Crippen molar-refractivity contribution in [3.8, 4) is 5.75 Å². The smallest absolute Gasteiger partial charge is 0.274 e. The summed E-state index contributed by atoms with van der Waals surface area (Å²) in [4.78, 5) is 24.4. The molecule has 36 heavy (non-hydrogen) atoms. The summed E-state index contributed by atoms with van der Waals surface area (Å²) in [6.45, 7) is 2.04. The molecule has 0 aromatic heterocycles. The van der Waals surface area contributed by atoms with E-state index in [9.17, 15) is 4.79 Å². The molecule has 0 bridgehead atoms. The van der Waals surface area contributed by atoms with E-state index in [0.717, 1.165) is 49.1 Å². The fraction of sp³-hybridized carbons (Fsp3) is 0.103. The Bertz CT molecular complexity index is 1580. The maximum atomic E-state index is 13.9. The largest absolute Gasteiger partial charge is 0.497 e. The van der Waals surface area contributed by atoms with Gasteiger partial charge in [0.05, 0.1) is 29.2 Å². The fourth-order valence-electron chi connectivity index (χ4n) is 4.31. The Kier molecular flexibility index (Phi) is 5.74. The highest BCUT2D eigenvalue weighted by atomic mass is 32.2. The number of fused-ring (bicyclic) bond motifs is 2. The van der Waals surface area contributed by atoms with Crippen molar-refractivity contribution in [3.05, 3.63) is 100 Å². The number of hydrogen-bond donors (Lipinski definition) is 0. The Morgan fingerprint density at radius 1 is 0.861 bits per heavy atom. The van der Waals surface area contributed by atoms with Crippen LogP contribution in [0.4, 0.5) is 17.1 Å². The molecule has 2 heterocycles. The molecule has 1 fully saturated rings. The number of nitrogens with zero attached hydrogens (tertiary/aromatic N) is 3. The van der Waals surface area contributed by atoms with Crippen LogP contribution in [0.5, 0.6) is 5.75 Å². The van der Waals surface area contributed by atoms with E-state index in [1.807, 2.05) is 74.6 Å². The van der Waals surface area contributed by atoms with Crippen LogP contribution in [0, 0.1) is 6.92 Å². The standard InChI is InChI=1S/C29H23N3O2S2/c1-18-8-12-22(13-9-18)32-27(33)26(28-31(2)24-17-23(34-3)14-15-25(24)35-28)36-29(32)30-21-11-10-19-6-4-5-7-20(19)16-21/h4-17H,1-3H3. The number of amidine groups is 1. The highest BCUT2D eigenvalue weighted by Gasteiger charge is 2.40. The van der Waals surface area contributed by atoms with Crippen molar-refractivity contribution in [1.82, 2.24) is 0 Å². The molecule has 178 valence electrons. The van der Waals surface area contributed by atoms with Crippen LogP contribution in [-0.4, -0.2) is 25.2 Å². The molecule has 0 radical (unpaired) electrons. The predicted octanol–water partition coefficient (Wildman–Crippen LogP) is 7.34. The minimum Gasteiger partial charge on any atom is -0.497 e. The van der Waals surface area contributed by atoms with Crippen molar-refractivity contribution in [2.45, 2.75) is 11.8 Å². The van der Waals surface area contributed by atoms with Crippen LogP contribution < -0.4 is 14.5 Å². The molecular weight excluding hydrogens is 486 g/mol. The molecule has 7 heteroatoms. The zero-order valence-corrected chi connectivity index (χ0v) is 21.7. The van der Waals surface area contributed by atoms with Crippen molar-refractivity contribution in [3.63, 3.8) is 0 Å². The third-order valence-electron chi connectivity index (χ3n) is 6.26. The molecule has 0 N–H and O–H groups in total. The topological polar surface area (TPSA) is 45.1 Å². The first-order valence-corrected chi connectivity index (χ1v) is 13.2. The monoisotopic (exact) mass is 509 g/mol. The van der Waals surface area contributed by atoms with E-state index in [1.165, 1.54) is 11.8 Å². The summed E-state index contributed by atoms with van der Waals surface area (Å²) in [5.74, 6) is 0.718. The second kappa shape index (κ2) is 9.08. The van der Waals surface area contributed by atoms with Crippen LogP contribution >= 0.6 is 23.5 Å². The highest BCUT2D eigenvalue weighted by molar-refractivity contribution is 8.20. The van der Waals surface area contributed by atoms with Gasteiger partial charge in [-0.2, -0.15) is 0 Å². The van der Waals surface area contributed by atoms with Gasteiger partial charge in [-0.05, 0) is 65.9 Å². The molecule has 4 aromatic rings. The van der Waals surface area contributed by atoms with Gasteiger partial charge in [-0.1, -0.05) is 59.8 Å². The molecule has 0 atom stereocenters. The van der Waals surface area contributed by atoms with Gasteiger partial charge in [0.15, 0.2) is 5.17 Å². The Hall–Kier alpha value is -3.68. The zero-order valence-electron chi connectivity index (χ0n) is 20.1. The van der Waals surface area contributed by atoms with Crippen LogP contribution in [-0.2, 0) is 4.79 Å². The molecule has 0 aliphatic carbocycles. The van der Waals surface area contributed by atoms with Crippen LogP contribution in [0.15, 0.2) is 105 Å². The first-order chi connectivity index (χ1) is 17.5. The molecule has 5 nitrogen and oxygen atoms in total. The van der Waals surface area contributed by atoms with Gasteiger partial charge < -0.3 is 9.64 Å². The Balaban J connectivity index is 1.45. The number of ether oxygens (including phenoxy) is 1. The number of benzene rings is 4. The minimum atomic E-state index is -0.0717. The third-order valence-corrected chi connectivity index (χ3v) is 8.66. The predicted molar refractivity (Wildman–Crippen MR) is 152 cm³/mol. The van der Waals surface area contributed by atoms with Gasteiger partial charge in [0.2, 0.25) is 0 Å². The summed E-state index contributed by atoms with van der Waals surface area (Å²) in [6, 6.07) is 28.3. The Labute approximate surface area is 218 Å². The van der Waals surface area contributed by atoms with E-state index >= 15 is 0 Å². The average molecular weight is 510 g/mol. The molecule has 2 aliphatic heterocycles. The van der Waals surface area contributed by atoms with Crippen LogP contribution in [0.3, 0.4) is 0 Å². The molecule has 0 saturated carbocycles. The average Bonchev–Trinajstić information content (AvgIpc) is 3.40. The van der Waals surface area contributed by atoms with Crippen molar-refractivity contribution >= 4 is 62.4 Å². The van der Waals surface area contributed by atoms with E-state index in [2.05, 4.69) is 29.2 Å². The van der Waals surface area contributed by atoms with Crippen LogP contribution in [0.25, 0.3) is 10.8 Å². The van der Waals surface area contributed by atoms with Gasteiger partial charge in [0.25, 0.3) is 5.91 Å². The minimum absolute atomic E-state index is 0.0717. The summed E-state index contributed by atoms with van der Waals surface area (Å²) in [5, 5.41) is 3.81. The van der Waals surface area contributed by atoms with Gasteiger partial charge in [0, 0.05) is 18.0 Å². The number of anilines is 2. The summed E-state index contributed by atoms with van der Waals surface area (Å²) < 4.78 is 5.42. The zero-order chi connectivity index (χ0) is 24.8. The number of methoxy groups -OCH3 is 1. The maximum Gasteiger partial charge on any atom is 0.274 e. The van der Waals surface area contributed by atoms with E-state index in [-0.39, 0.29) is 5.91 Å². The van der Waals surface area contributed by atoms with Crippen LogP contribution in [0.1, 0.15) is 5.56 Å². The lowest BCUT2D eigenvalue weighted by Crippen LogP contribution is -2.29. The first-order valence-electron chi connectivity index (χ1n) is 11.5. The lowest BCUT2D eigenvalue weighted by molar-refractivity contribution is -0.113. The molecule has 0 unspecified atom stereocenters. The third kappa shape index (κ3) is 3.94. The van der Waals surface area contributed by atoms with Crippen molar-refractivity contribution in [1.29, 1.82) is 0 Å². The number of rotatable bonds is 3. The molecule has 2 aliphatic rings. The normalized spacial score (nSPS) is 18.4. The van der Waals surface area contributed by atoms with E-state index in [4.69, 9.17) is 9.73 Å². The quantitative estimate of drug-likeness (QED) is 0.271. The van der Waals surface area contributed by atoms with Gasteiger partial charge in [-0.25, -0.2) is 4.99 Å². The van der Waals surface area contributed by atoms with E-state index in [1.54, 1.807) is 23.8 Å². The summed E-state index contributed by atoms with van der Waals surface area (Å²) in [5.41, 5.74) is 3.78. The number of carbonyl (C=O) groups excluding carboxylic acids is 1. The Morgan fingerprint density at radius 2 is 1.64 bits per heavy atom. The number of aliphatic imine (C=N–C) groups is 1. The number of aryl methyl sites for hydroxylation is 1. The maximum absolute atomic E-state index is 13.9. The molecule has 4 aromatic carbocycles. The van der Waals surface area contributed by atoms with Crippen molar-refractivity contribution in [2.75, 3.05) is 24.0 Å². The second-order valence-corrected chi connectivity index (χ2v) is 10.6. The molecule has 1 saturated heterocycles. The highest BCUT2D eigenvalue weighted by Crippen LogP contribution is 2.51. The van der Waals surface area contributed by atoms with Crippen LogP contribution in [0.2, 0.25) is 0 Å². The molecule has 0 spiro atoms. The van der Waals surface area contributed by atoms with Gasteiger partial charge in [-0.3, -0.25) is 9.69 Å². The number of hydrogen-bond acceptors (Lipinski definition) is 6. The lowest BCUT2D eigenvalue weighted by Gasteiger charge is -2.17. The van der Waals surface area contributed by atoms with E-state index < -0.39 is 0 Å². The molecule has 1 amide bonds. The number of carbonyl (C=O) groups is 1. The van der Waals surface area contributed by atoms with Gasteiger partial charge in [0.1, 0.15) is 10.7 Å². The fourth-order valence-corrected chi connectivity index (χ4v) is 6.63. The van der Waals surface area contributed by atoms with Crippen molar-refractivity contribution in [2.24, 2.45) is 4.99 Å². The molecular formula is C29H23N3O2S2. The first kappa shape index (κ1) is 22.8. The van der Waals surface area contributed by atoms with E-state index in [0.29, 0.717) is 10.1 Å². The number of thioether (sulfide) groups is 2. The summed E-state index contributed by atoms with van der Waals surface area (Å²) in [7, 11) is 3.65. The SMILES string of the molecule is COc1ccc2c(c1)N(C)C(=C1SC(=Nc3ccc4ccccc4c3)N(c3ccc(C)cc3)C1=O)S2. The summed E-state index contributed by atoms with van der Waals surface area (Å²) >= 11 is 3.02.